The number of aromatic nitrogens is 3. The standard InChI is InChI=1S/C13H13F3N4O/c1-20-5-4-18-11(20)8-19-12(21)6-9-7-17-3-2-10(9)13(14,15)16/h2-5,7H,6,8H2,1H3,(H,19,21). The maximum absolute atomic E-state index is 12.8. The van der Waals surface area contributed by atoms with E-state index in [1.54, 1.807) is 24.0 Å². The summed E-state index contributed by atoms with van der Waals surface area (Å²) in [6.45, 7) is 0.157. The molecule has 0 aliphatic rings. The fraction of sp³-hybridized carbons (Fsp3) is 0.308. The summed E-state index contributed by atoms with van der Waals surface area (Å²) < 4.78 is 40.1. The molecule has 0 aromatic carbocycles. The van der Waals surface area contributed by atoms with Gasteiger partial charge in [-0.1, -0.05) is 0 Å². The smallest absolute Gasteiger partial charge is 0.349 e. The molecule has 2 aromatic heterocycles. The first kappa shape index (κ1) is 15.0. The topological polar surface area (TPSA) is 59.8 Å². The zero-order valence-electron chi connectivity index (χ0n) is 11.2. The van der Waals surface area contributed by atoms with Crippen molar-refractivity contribution in [3.8, 4) is 0 Å². The minimum Gasteiger partial charge on any atom is -0.349 e. The molecule has 112 valence electrons. The van der Waals surface area contributed by atoms with Gasteiger partial charge in [0.25, 0.3) is 0 Å². The Morgan fingerprint density at radius 1 is 1.38 bits per heavy atom. The number of pyridine rings is 1. The van der Waals surface area contributed by atoms with Gasteiger partial charge in [-0.05, 0) is 11.6 Å². The van der Waals surface area contributed by atoms with Crippen LogP contribution in [0.5, 0.6) is 0 Å². The maximum atomic E-state index is 12.8. The van der Waals surface area contributed by atoms with Gasteiger partial charge in [-0.2, -0.15) is 13.2 Å². The van der Waals surface area contributed by atoms with Crippen molar-refractivity contribution in [2.45, 2.75) is 19.1 Å². The third-order valence-corrected chi connectivity index (χ3v) is 2.92. The number of carbonyl (C=O) groups is 1. The SMILES string of the molecule is Cn1ccnc1CNC(=O)Cc1cnccc1C(F)(F)F. The molecular weight excluding hydrogens is 285 g/mol. The summed E-state index contributed by atoms with van der Waals surface area (Å²) in [6, 6.07) is 0.862. The summed E-state index contributed by atoms with van der Waals surface area (Å²) in [6.07, 6.45) is 0.515. The van der Waals surface area contributed by atoms with Gasteiger partial charge >= 0.3 is 6.18 Å². The summed E-state index contributed by atoms with van der Waals surface area (Å²) in [5, 5.41) is 2.54. The Morgan fingerprint density at radius 2 is 2.14 bits per heavy atom. The molecule has 1 N–H and O–H groups in total. The third kappa shape index (κ3) is 3.80. The number of halogens is 3. The Bertz CT molecular complexity index is 636. The fourth-order valence-electron chi connectivity index (χ4n) is 1.82. The van der Waals surface area contributed by atoms with Gasteiger partial charge in [0.1, 0.15) is 5.82 Å². The average Bonchev–Trinajstić information content (AvgIpc) is 2.81. The van der Waals surface area contributed by atoms with Crippen LogP contribution in [0.3, 0.4) is 0 Å². The summed E-state index contributed by atoms with van der Waals surface area (Å²) >= 11 is 0. The van der Waals surface area contributed by atoms with Crippen molar-refractivity contribution in [3.05, 3.63) is 47.8 Å². The number of carbonyl (C=O) groups excluding carboxylic acids is 1. The Morgan fingerprint density at radius 3 is 2.76 bits per heavy atom. The first-order valence-corrected chi connectivity index (χ1v) is 6.11. The highest BCUT2D eigenvalue weighted by molar-refractivity contribution is 5.78. The zero-order chi connectivity index (χ0) is 15.5. The lowest BCUT2D eigenvalue weighted by molar-refractivity contribution is -0.138. The maximum Gasteiger partial charge on any atom is 0.416 e. The van der Waals surface area contributed by atoms with Gasteiger partial charge in [0, 0.05) is 31.8 Å². The van der Waals surface area contributed by atoms with E-state index in [2.05, 4.69) is 15.3 Å². The van der Waals surface area contributed by atoms with Crippen molar-refractivity contribution in [2.24, 2.45) is 7.05 Å². The summed E-state index contributed by atoms with van der Waals surface area (Å²) in [7, 11) is 1.76. The second kappa shape index (κ2) is 5.94. The van der Waals surface area contributed by atoms with Gasteiger partial charge in [0.15, 0.2) is 0 Å². The highest BCUT2D eigenvalue weighted by Gasteiger charge is 2.33. The van der Waals surface area contributed by atoms with E-state index in [0.29, 0.717) is 5.82 Å². The molecule has 21 heavy (non-hydrogen) atoms. The molecule has 5 nitrogen and oxygen atoms in total. The van der Waals surface area contributed by atoms with Crippen LogP contribution >= 0.6 is 0 Å². The fourth-order valence-corrected chi connectivity index (χ4v) is 1.82. The van der Waals surface area contributed by atoms with Crippen LogP contribution in [0.2, 0.25) is 0 Å². The molecular formula is C13H13F3N4O. The molecule has 0 fully saturated rings. The van der Waals surface area contributed by atoms with Gasteiger partial charge in [-0.3, -0.25) is 9.78 Å². The number of nitrogens with zero attached hydrogens (tertiary/aromatic N) is 3. The van der Waals surface area contributed by atoms with E-state index in [1.165, 1.54) is 0 Å². The molecule has 0 aliphatic carbocycles. The third-order valence-electron chi connectivity index (χ3n) is 2.92. The Hall–Kier alpha value is -2.38. The highest BCUT2D eigenvalue weighted by Crippen LogP contribution is 2.31. The molecule has 0 bridgehead atoms. The number of nitrogens with one attached hydrogen (secondary N) is 1. The van der Waals surface area contributed by atoms with Gasteiger partial charge < -0.3 is 9.88 Å². The van der Waals surface area contributed by atoms with Crippen molar-refractivity contribution in [3.63, 3.8) is 0 Å². The molecule has 0 atom stereocenters. The van der Waals surface area contributed by atoms with Gasteiger partial charge in [-0.25, -0.2) is 4.98 Å². The van der Waals surface area contributed by atoms with E-state index in [4.69, 9.17) is 0 Å². The van der Waals surface area contributed by atoms with Crippen LogP contribution in [0.4, 0.5) is 13.2 Å². The van der Waals surface area contributed by atoms with Crippen molar-refractivity contribution in [1.82, 2.24) is 19.9 Å². The number of amides is 1. The summed E-state index contributed by atoms with van der Waals surface area (Å²) in [5.41, 5.74) is -0.994. The second-order valence-corrected chi connectivity index (χ2v) is 4.44. The van der Waals surface area contributed by atoms with E-state index in [9.17, 15) is 18.0 Å². The first-order valence-electron chi connectivity index (χ1n) is 6.11. The number of aryl methyl sites for hydroxylation is 1. The van der Waals surface area contributed by atoms with Crippen LogP contribution in [0, 0.1) is 0 Å². The molecule has 0 radical (unpaired) electrons. The number of rotatable bonds is 4. The Kier molecular flexibility index (Phi) is 4.25. The molecule has 2 rings (SSSR count). The molecule has 0 aliphatic heterocycles. The van der Waals surface area contributed by atoms with Crippen LogP contribution in [-0.4, -0.2) is 20.4 Å². The largest absolute Gasteiger partial charge is 0.416 e. The van der Waals surface area contributed by atoms with Crippen molar-refractivity contribution in [2.75, 3.05) is 0 Å². The van der Waals surface area contributed by atoms with E-state index < -0.39 is 17.6 Å². The molecule has 0 unspecified atom stereocenters. The predicted molar refractivity (Wildman–Crippen MR) is 68.0 cm³/mol. The molecule has 0 saturated heterocycles. The van der Waals surface area contributed by atoms with Crippen LogP contribution in [0.25, 0.3) is 0 Å². The molecule has 8 heteroatoms. The van der Waals surface area contributed by atoms with E-state index in [-0.39, 0.29) is 18.5 Å². The number of imidazole rings is 1. The molecule has 0 spiro atoms. The van der Waals surface area contributed by atoms with Gasteiger partial charge in [-0.15, -0.1) is 0 Å². The summed E-state index contributed by atoms with van der Waals surface area (Å²) in [5.74, 6) is 0.0991. The lowest BCUT2D eigenvalue weighted by Crippen LogP contribution is -2.27. The zero-order valence-corrected chi connectivity index (χ0v) is 11.2. The van der Waals surface area contributed by atoms with Crippen LogP contribution < -0.4 is 5.32 Å². The highest BCUT2D eigenvalue weighted by atomic mass is 19.4. The van der Waals surface area contributed by atoms with Crippen molar-refractivity contribution < 1.29 is 18.0 Å². The van der Waals surface area contributed by atoms with Crippen LogP contribution in [0.1, 0.15) is 17.0 Å². The normalized spacial score (nSPS) is 11.4. The quantitative estimate of drug-likeness (QED) is 0.934. The lowest BCUT2D eigenvalue weighted by atomic mass is 10.1. The Balaban J connectivity index is 2.02. The lowest BCUT2D eigenvalue weighted by Gasteiger charge is -2.12. The molecule has 0 saturated carbocycles. The number of hydrogen-bond acceptors (Lipinski definition) is 3. The Labute approximate surface area is 118 Å². The molecule has 2 heterocycles. The predicted octanol–water partition coefficient (Wildman–Crippen LogP) is 1.69. The van der Waals surface area contributed by atoms with E-state index in [0.717, 1.165) is 18.5 Å². The van der Waals surface area contributed by atoms with Gasteiger partial charge in [0.05, 0.1) is 18.5 Å². The second-order valence-electron chi connectivity index (χ2n) is 4.44. The molecule has 2 aromatic rings. The summed E-state index contributed by atoms with van der Waals surface area (Å²) in [4.78, 5) is 19.4. The monoisotopic (exact) mass is 298 g/mol. The van der Waals surface area contributed by atoms with Crippen molar-refractivity contribution >= 4 is 5.91 Å². The first-order chi connectivity index (χ1) is 9.88. The average molecular weight is 298 g/mol. The van der Waals surface area contributed by atoms with E-state index in [1.807, 2.05) is 0 Å². The number of hydrogen-bond donors (Lipinski definition) is 1. The van der Waals surface area contributed by atoms with Crippen molar-refractivity contribution in [1.29, 1.82) is 0 Å². The minimum atomic E-state index is -4.50. The number of alkyl halides is 3. The van der Waals surface area contributed by atoms with Crippen LogP contribution in [-0.2, 0) is 31.0 Å². The minimum absolute atomic E-state index is 0.151. The van der Waals surface area contributed by atoms with E-state index >= 15 is 0 Å². The van der Waals surface area contributed by atoms with Gasteiger partial charge in [0.2, 0.25) is 5.91 Å². The van der Waals surface area contributed by atoms with Crippen LogP contribution in [0.15, 0.2) is 30.9 Å². The molecule has 1 amide bonds.